The van der Waals surface area contributed by atoms with Crippen molar-refractivity contribution in [3.63, 3.8) is 0 Å². The fraction of sp³-hybridized carbons (Fsp3) is 0.227. The SMILES string of the molecule is Cc1cc(C)cc(-n2c(C)cc([C@H]3NN=C(c4ccccc4)S3)c2C)c1. The zero-order valence-electron chi connectivity index (χ0n) is 15.6. The molecule has 1 aliphatic heterocycles. The second-order valence-corrected chi connectivity index (χ2v) is 8.01. The van der Waals surface area contributed by atoms with Crippen LogP contribution in [0, 0.1) is 27.7 Å². The highest BCUT2D eigenvalue weighted by Crippen LogP contribution is 2.37. The summed E-state index contributed by atoms with van der Waals surface area (Å²) in [6.45, 7) is 8.68. The molecular formula is C22H23N3S. The molecule has 0 fully saturated rings. The Morgan fingerprint density at radius 2 is 1.62 bits per heavy atom. The molecule has 3 nitrogen and oxygen atoms in total. The van der Waals surface area contributed by atoms with E-state index < -0.39 is 0 Å². The summed E-state index contributed by atoms with van der Waals surface area (Å²) in [5.41, 5.74) is 12.1. The van der Waals surface area contributed by atoms with E-state index >= 15 is 0 Å². The molecule has 3 aromatic rings. The Bertz CT molecular complexity index is 966. The molecule has 2 heterocycles. The van der Waals surface area contributed by atoms with Gasteiger partial charge in [0.15, 0.2) is 0 Å². The van der Waals surface area contributed by atoms with Gasteiger partial charge in [0, 0.05) is 28.2 Å². The molecule has 1 atom stereocenters. The summed E-state index contributed by atoms with van der Waals surface area (Å²) in [6.07, 6.45) is 0. The first-order valence-electron chi connectivity index (χ1n) is 8.86. The molecule has 0 saturated carbocycles. The van der Waals surface area contributed by atoms with Gasteiger partial charge in [0.1, 0.15) is 10.4 Å². The van der Waals surface area contributed by atoms with Crippen LogP contribution in [0.2, 0.25) is 0 Å². The highest BCUT2D eigenvalue weighted by molar-refractivity contribution is 8.14. The van der Waals surface area contributed by atoms with Gasteiger partial charge in [0.25, 0.3) is 0 Å². The molecule has 1 aliphatic rings. The van der Waals surface area contributed by atoms with Crippen LogP contribution < -0.4 is 5.43 Å². The Labute approximate surface area is 159 Å². The molecule has 0 radical (unpaired) electrons. The minimum absolute atomic E-state index is 0.149. The molecular weight excluding hydrogens is 338 g/mol. The van der Waals surface area contributed by atoms with E-state index in [0.717, 1.165) is 10.6 Å². The normalized spacial score (nSPS) is 16.5. The van der Waals surface area contributed by atoms with Gasteiger partial charge in [-0.05, 0) is 57.0 Å². The second-order valence-electron chi connectivity index (χ2n) is 6.92. The van der Waals surface area contributed by atoms with E-state index in [2.05, 4.69) is 91.3 Å². The van der Waals surface area contributed by atoms with Crippen LogP contribution in [0.5, 0.6) is 0 Å². The summed E-state index contributed by atoms with van der Waals surface area (Å²) in [5, 5.41) is 5.76. The van der Waals surface area contributed by atoms with Gasteiger partial charge in [-0.2, -0.15) is 5.10 Å². The molecule has 1 N–H and O–H groups in total. The molecule has 132 valence electrons. The molecule has 0 amide bonds. The number of nitrogens with zero attached hydrogens (tertiary/aromatic N) is 2. The quantitative estimate of drug-likeness (QED) is 0.676. The van der Waals surface area contributed by atoms with E-state index in [4.69, 9.17) is 0 Å². The molecule has 0 aliphatic carbocycles. The summed E-state index contributed by atoms with van der Waals surface area (Å²) >= 11 is 1.78. The Balaban J connectivity index is 1.66. The third kappa shape index (κ3) is 3.06. The van der Waals surface area contributed by atoms with E-state index in [9.17, 15) is 0 Å². The maximum atomic E-state index is 4.57. The van der Waals surface area contributed by atoms with Crippen molar-refractivity contribution in [2.24, 2.45) is 5.10 Å². The first-order valence-corrected chi connectivity index (χ1v) is 9.73. The summed E-state index contributed by atoms with van der Waals surface area (Å²) < 4.78 is 2.35. The maximum absolute atomic E-state index is 4.57. The number of aromatic nitrogens is 1. The number of nitrogens with one attached hydrogen (secondary N) is 1. The average Bonchev–Trinajstić information content (AvgIpc) is 3.19. The number of hydrogen-bond donors (Lipinski definition) is 1. The minimum atomic E-state index is 0.149. The molecule has 0 spiro atoms. The van der Waals surface area contributed by atoms with Gasteiger partial charge in [-0.3, -0.25) is 5.43 Å². The van der Waals surface area contributed by atoms with Crippen molar-refractivity contribution in [2.45, 2.75) is 33.1 Å². The third-order valence-electron chi connectivity index (χ3n) is 4.75. The van der Waals surface area contributed by atoms with Gasteiger partial charge in [0.05, 0.1) is 0 Å². The van der Waals surface area contributed by atoms with E-state index in [1.54, 1.807) is 11.8 Å². The van der Waals surface area contributed by atoms with Crippen molar-refractivity contribution in [1.82, 2.24) is 9.99 Å². The van der Waals surface area contributed by atoms with E-state index in [0.29, 0.717) is 0 Å². The van der Waals surface area contributed by atoms with Crippen molar-refractivity contribution >= 4 is 16.8 Å². The topological polar surface area (TPSA) is 29.3 Å². The Morgan fingerprint density at radius 1 is 0.923 bits per heavy atom. The molecule has 0 saturated heterocycles. The molecule has 0 unspecified atom stereocenters. The van der Waals surface area contributed by atoms with Crippen LogP contribution in [0.3, 0.4) is 0 Å². The zero-order chi connectivity index (χ0) is 18.3. The van der Waals surface area contributed by atoms with Gasteiger partial charge >= 0.3 is 0 Å². The summed E-state index contributed by atoms with van der Waals surface area (Å²) in [7, 11) is 0. The van der Waals surface area contributed by atoms with Gasteiger partial charge in [0.2, 0.25) is 0 Å². The van der Waals surface area contributed by atoms with Crippen LogP contribution in [-0.4, -0.2) is 9.61 Å². The first kappa shape index (κ1) is 17.0. The Morgan fingerprint density at radius 3 is 2.31 bits per heavy atom. The predicted molar refractivity (Wildman–Crippen MR) is 111 cm³/mol. The number of hydrogen-bond acceptors (Lipinski definition) is 3. The Hall–Kier alpha value is -2.46. The second kappa shape index (κ2) is 6.69. The van der Waals surface area contributed by atoms with Crippen molar-refractivity contribution in [2.75, 3.05) is 0 Å². The van der Waals surface area contributed by atoms with Gasteiger partial charge in [-0.25, -0.2) is 0 Å². The van der Waals surface area contributed by atoms with Crippen LogP contribution in [-0.2, 0) is 0 Å². The molecule has 0 bridgehead atoms. The smallest absolute Gasteiger partial charge is 0.126 e. The van der Waals surface area contributed by atoms with Gasteiger partial charge in [-0.1, -0.05) is 48.2 Å². The van der Waals surface area contributed by atoms with E-state index in [1.165, 1.54) is 33.8 Å². The average molecular weight is 362 g/mol. The number of rotatable bonds is 3. The highest BCUT2D eigenvalue weighted by Gasteiger charge is 2.26. The Kier molecular flexibility index (Phi) is 4.37. The van der Waals surface area contributed by atoms with Crippen LogP contribution in [0.15, 0.2) is 59.7 Å². The standard InChI is InChI=1S/C22H23N3S/c1-14-10-15(2)12-19(11-14)25-16(3)13-20(17(25)4)22-24-23-21(26-22)18-8-6-5-7-9-18/h5-13,22,24H,1-4H3/t22-/m0/s1. The molecule has 4 rings (SSSR count). The van der Waals surface area contributed by atoms with Crippen LogP contribution in [0.25, 0.3) is 5.69 Å². The summed E-state index contributed by atoms with van der Waals surface area (Å²) in [5.74, 6) is 0. The fourth-order valence-corrected chi connectivity index (χ4v) is 4.73. The molecule has 2 aromatic carbocycles. The van der Waals surface area contributed by atoms with Gasteiger partial charge < -0.3 is 4.57 Å². The number of aryl methyl sites for hydroxylation is 3. The first-order chi connectivity index (χ1) is 12.5. The fourth-order valence-electron chi connectivity index (χ4n) is 3.66. The lowest BCUT2D eigenvalue weighted by Crippen LogP contribution is -2.08. The van der Waals surface area contributed by atoms with E-state index in [1.807, 2.05) is 6.07 Å². The zero-order valence-corrected chi connectivity index (χ0v) is 16.4. The number of thioether (sulfide) groups is 1. The summed E-state index contributed by atoms with van der Waals surface area (Å²) in [4.78, 5) is 0. The third-order valence-corrected chi connectivity index (χ3v) is 5.90. The van der Waals surface area contributed by atoms with Gasteiger partial charge in [-0.15, -0.1) is 0 Å². The van der Waals surface area contributed by atoms with Crippen LogP contribution in [0.4, 0.5) is 0 Å². The van der Waals surface area contributed by atoms with Crippen molar-refractivity contribution in [1.29, 1.82) is 0 Å². The lowest BCUT2D eigenvalue weighted by molar-refractivity contribution is 0.737. The largest absolute Gasteiger partial charge is 0.318 e. The van der Waals surface area contributed by atoms with Crippen molar-refractivity contribution < 1.29 is 0 Å². The molecule has 1 aromatic heterocycles. The maximum Gasteiger partial charge on any atom is 0.126 e. The van der Waals surface area contributed by atoms with Crippen molar-refractivity contribution in [3.8, 4) is 5.69 Å². The van der Waals surface area contributed by atoms with E-state index in [-0.39, 0.29) is 5.37 Å². The van der Waals surface area contributed by atoms with Crippen LogP contribution >= 0.6 is 11.8 Å². The molecule has 4 heteroatoms. The molecule has 26 heavy (non-hydrogen) atoms. The lowest BCUT2D eigenvalue weighted by atomic mass is 10.1. The van der Waals surface area contributed by atoms with Crippen molar-refractivity contribution in [3.05, 3.63) is 88.2 Å². The highest BCUT2D eigenvalue weighted by atomic mass is 32.2. The summed E-state index contributed by atoms with van der Waals surface area (Å²) in [6, 6.07) is 19.3. The van der Waals surface area contributed by atoms with Crippen LogP contribution in [0.1, 0.15) is 39.0 Å². The predicted octanol–water partition coefficient (Wildman–Crippen LogP) is 5.41. The number of hydrazone groups is 1. The minimum Gasteiger partial charge on any atom is -0.318 e. The lowest BCUT2D eigenvalue weighted by Gasteiger charge is -2.14. The monoisotopic (exact) mass is 361 g/mol. The number of benzene rings is 2.